The third-order valence-electron chi connectivity index (χ3n) is 3.07. The maximum atomic E-state index is 3.21. The second-order valence-corrected chi connectivity index (χ2v) is 5.98. The van der Waals surface area contributed by atoms with E-state index in [1.165, 1.54) is 44.3 Å². The van der Waals surface area contributed by atoms with Gasteiger partial charge in [0.05, 0.1) is 0 Å². The van der Waals surface area contributed by atoms with Gasteiger partial charge in [0.2, 0.25) is 0 Å². The van der Waals surface area contributed by atoms with Gasteiger partial charge in [0.15, 0.2) is 0 Å². The van der Waals surface area contributed by atoms with Crippen molar-refractivity contribution in [2.75, 3.05) is 18.6 Å². The van der Waals surface area contributed by atoms with E-state index in [9.17, 15) is 0 Å². The molecule has 0 aromatic heterocycles. The fraction of sp³-hybridized carbons (Fsp3) is 1.00. The van der Waals surface area contributed by atoms with Gasteiger partial charge in [-0.05, 0) is 30.9 Å². The fourth-order valence-electron chi connectivity index (χ4n) is 2.17. The standard InChI is InChI=1S/C9H18S.C5H13N/c1-10-8-7-9-5-3-2-4-6-9;1-4-6-5(2)3/h9H,2-8H2,1H3;5-6H,4H2,1-3H3. The van der Waals surface area contributed by atoms with Crippen molar-refractivity contribution < 1.29 is 0 Å². The number of rotatable bonds is 5. The Balaban J connectivity index is 0.000000325. The maximum Gasteiger partial charge on any atom is 0.00102 e. The zero-order chi connectivity index (χ0) is 12.2. The monoisotopic (exact) mass is 245 g/mol. The zero-order valence-electron chi connectivity index (χ0n) is 11.7. The second kappa shape index (κ2) is 11.8. The minimum absolute atomic E-state index is 0.648. The molecule has 0 aromatic rings. The van der Waals surface area contributed by atoms with E-state index in [-0.39, 0.29) is 0 Å². The Morgan fingerprint density at radius 3 is 2.19 bits per heavy atom. The highest BCUT2D eigenvalue weighted by atomic mass is 32.2. The van der Waals surface area contributed by atoms with Crippen LogP contribution in [0.3, 0.4) is 0 Å². The van der Waals surface area contributed by atoms with E-state index in [2.05, 4.69) is 32.3 Å². The molecular weight excluding hydrogens is 214 g/mol. The van der Waals surface area contributed by atoms with Crippen molar-refractivity contribution in [3.63, 3.8) is 0 Å². The van der Waals surface area contributed by atoms with Crippen LogP contribution in [0.15, 0.2) is 0 Å². The first-order valence-corrected chi connectivity index (χ1v) is 8.32. The zero-order valence-corrected chi connectivity index (χ0v) is 12.5. The largest absolute Gasteiger partial charge is 0.315 e. The van der Waals surface area contributed by atoms with E-state index < -0.39 is 0 Å². The lowest BCUT2D eigenvalue weighted by Gasteiger charge is -2.20. The Labute approximate surface area is 107 Å². The van der Waals surface area contributed by atoms with Gasteiger partial charge in [-0.25, -0.2) is 0 Å². The molecule has 1 aliphatic carbocycles. The maximum absolute atomic E-state index is 3.21. The summed E-state index contributed by atoms with van der Waals surface area (Å²) in [4.78, 5) is 0. The van der Waals surface area contributed by atoms with Gasteiger partial charge in [0.1, 0.15) is 0 Å². The van der Waals surface area contributed by atoms with Crippen molar-refractivity contribution in [3.05, 3.63) is 0 Å². The Morgan fingerprint density at radius 2 is 1.81 bits per heavy atom. The lowest BCUT2D eigenvalue weighted by molar-refractivity contribution is 0.351. The van der Waals surface area contributed by atoms with Crippen LogP contribution in [0.5, 0.6) is 0 Å². The van der Waals surface area contributed by atoms with Crippen LogP contribution in [0.1, 0.15) is 59.3 Å². The molecule has 1 saturated carbocycles. The van der Waals surface area contributed by atoms with Gasteiger partial charge in [-0.15, -0.1) is 0 Å². The summed E-state index contributed by atoms with van der Waals surface area (Å²) >= 11 is 2.00. The van der Waals surface area contributed by atoms with Gasteiger partial charge >= 0.3 is 0 Å². The highest BCUT2D eigenvalue weighted by Crippen LogP contribution is 2.26. The van der Waals surface area contributed by atoms with Crippen LogP contribution in [-0.4, -0.2) is 24.6 Å². The summed E-state index contributed by atoms with van der Waals surface area (Å²) in [5.74, 6) is 2.46. The van der Waals surface area contributed by atoms with Crippen molar-refractivity contribution in [2.45, 2.75) is 65.3 Å². The van der Waals surface area contributed by atoms with E-state index in [0.717, 1.165) is 12.5 Å². The van der Waals surface area contributed by atoms with Gasteiger partial charge in [-0.2, -0.15) is 11.8 Å². The lowest BCUT2D eigenvalue weighted by Crippen LogP contribution is -2.21. The Kier molecular flexibility index (Phi) is 12.0. The van der Waals surface area contributed by atoms with Crippen LogP contribution in [0.4, 0.5) is 0 Å². The first-order valence-electron chi connectivity index (χ1n) is 6.93. The molecule has 98 valence electrons. The molecule has 1 nitrogen and oxygen atoms in total. The second-order valence-electron chi connectivity index (χ2n) is 5.00. The average molecular weight is 245 g/mol. The molecule has 1 N–H and O–H groups in total. The fourth-order valence-corrected chi connectivity index (χ4v) is 2.74. The number of thioether (sulfide) groups is 1. The summed E-state index contributed by atoms with van der Waals surface area (Å²) in [6.45, 7) is 7.48. The summed E-state index contributed by atoms with van der Waals surface area (Å²) < 4.78 is 0. The van der Waals surface area contributed by atoms with E-state index in [1.54, 1.807) is 0 Å². The van der Waals surface area contributed by atoms with Crippen molar-refractivity contribution in [2.24, 2.45) is 5.92 Å². The summed E-state index contributed by atoms with van der Waals surface area (Å²) in [5.41, 5.74) is 0. The molecule has 0 radical (unpaired) electrons. The highest BCUT2D eigenvalue weighted by Gasteiger charge is 2.11. The van der Waals surface area contributed by atoms with Crippen LogP contribution in [0.2, 0.25) is 0 Å². The van der Waals surface area contributed by atoms with Crippen LogP contribution in [-0.2, 0) is 0 Å². The Hall–Kier alpha value is 0.310. The van der Waals surface area contributed by atoms with E-state index in [1.807, 2.05) is 11.8 Å². The topological polar surface area (TPSA) is 12.0 Å². The molecule has 0 heterocycles. The SMILES string of the molecule is CCNC(C)C.CSCCC1CCCCC1. The Bertz CT molecular complexity index is 131. The third-order valence-corrected chi connectivity index (χ3v) is 3.71. The number of nitrogens with one attached hydrogen (secondary N) is 1. The minimum atomic E-state index is 0.648. The molecule has 1 rings (SSSR count). The Morgan fingerprint density at radius 1 is 1.19 bits per heavy atom. The highest BCUT2D eigenvalue weighted by molar-refractivity contribution is 7.98. The molecule has 0 unspecified atom stereocenters. The minimum Gasteiger partial charge on any atom is -0.315 e. The van der Waals surface area contributed by atoms with Gasteiger partial charge in [0, 0.05) is 6.04 Å². The molecule has 0 spiro atoms. The third kappa shape index (κ3) is 10.8. The normalized spacial score (nSPS) is 17.1. The van der Waals surface area contributed by atoms with Gasteiger partial charge in [-0.3, -0.25) is 0 Å². The summed E-state index contributed by atoms with van der Waals surface area (Å²) in [5, 5.41) is 3.21. The summed E-state index contributed by atoms with van der Waals surface area (Å²) in [7, 11) is 0. The van der Waals surface area contributed by atoms with Crippen LogP contribution in [0.25, 0.3) is 0 Å². The van der Waals surface area contributed by atoms with Gasteiger partial charge in [0.25, 0.3) is 0 Å². The van der Waals surface area contributed by atoms with Crippen LogP contribution in [0, 0.1) is 5.92 Å². The first kappa shape index (κ1) is 16.3. The molecule has 1 aliphatic rings. The van der Waals surface area contributed by atoms with Crippen molar-refractivity contribution >= 4 is 11.8 Å². The molecule has 2 heteroatoms. The predicted molar refractivity (Wildman–Crippen MR) is 78.4 cm³/mol. The average Bonchev–Trinajstić information content (AvgIpc) is 2.28. The van der Waals surface area contributed by atoms with E-state index >= 15 is 0 Å². The van der Waals surface area contributed by atoms with Gasteiger partial charge < -0.3 is 5.32 Å². The molecule has 0 bridgehead atoms. The van der Waals surface area contributed by atoms with Crippen molar-refractivity contribution in [1.29, 1.82) is 0 Å². The molecule has 0 aromatic carbocycles. The molecule has 0 atom stereocenters. The molecular formula is C14H31NS. The van der Waals surface area contributed by atoms with E-state index in [4.69, 9.17) is 0 Å². The summed E-state index contributed by atoms with van der Waals surface area (Å²) in [6.07, 6.45) is 11.2. The van der Waals surface area contributed by atoms with Crippen molar-refractivity contribution in [3.8, 4) is 0 Å². The lowest BCUT2D eigenvalue weighted by atomic mass is 9.88. The first-order chi connectivity index (χ1) is 7.70. The number of hydrogen-bond acceptors (Lipinski definition) is 2. The van der Waals surface area contributed by atoms with E-state index in [0.29, 0.717) is 6.04 Å². The van der Waals surface area contributed by atoms with Crippen LogP contribution >= 0.6 is 11.8 Å². The number of hydrogen-bond donors (Lipinski definition) is 1. The van der Waals surface area contributed by atoms with Crippen LogP contribution < -0.4 is 5.32 Å². The van der Waals surface area contributed by atoms with Gasteiger partial charge in [-0.1, -0.05) is 52.9 Å². The van der Waals surface area contributed by atoms with Crippen molar-refractivity contribution in [1.82, 2.24) is 5.32 Å². The summed E-state index contributed by atoms with van der Waals surface area (Å²) in [6, 6.07) is 0.648. The molecule has 0 saturated heterocycles. The molecule has 0 aliphatic heterocycles. The molecule has 0 amide bonds. The predicted octanol–water partition coefficient (Wildman–Crippen LogP) is 4.32. The quantitative estimate of drug-likeness (QED) is 0.774. The smallest absolute Gasteiger partial charge is 0.00102 e. The molecule has 16 heavy (non-hydrogen) atoms. The molecule has 1 fully saturated rings.